The van der Waals surface area contributed by atoms with Crippen LogP contribution in [0.5, 0.6) is 0 Å². The van der Waals surface area contributed by atoms with Gasteiger partial charge >= 0.3 is 0 Å². The summed E-state index contributed by atoms with van der Waals surface area (Å²) in [6, 6.07) is 8.62. The predicted molar refractivity (Wildman–Crippen MR) is 112 cm³/mol. The Balaban J connectivity index is 1.50. The average Bonchev–Trinajstić information content (AvgIpc) is 3.35. The van der Waals surface area contributed by atoms with Crippen molar-refractivity contribution in [2.24, 2.45) is 0 Å². The number of amides is 2. The van der Waals surface area contributed by atoms with Gasteiger partial charge in [0.2, 0.25) is 17.8 Å². The molecule has 3 N–H and O–H groups in total. The predicted octanol–water partition coefficient (Wildman–Crippen LogP) is 2.05. The summed E-state index contributed by atoms with van der Waals surface area (Å²) in [5.41, 5.74) is 3.96. The lowest BCUT2D eigenvalue weighted by Gasteiger charge is -2.10. The van der Waals surface area contributed by atoms with Crippen LogP contribution in [0.4, 0.5) is 11.9 Å². The number of aromatic nitrogens is 4. The first-order valence-electron chi connectivity index (χ1n) is 9.91. The van der Waals surface area contributed by atoms with Gasteiger partial charge in [0.1, 0.15) is 0 Å². The van der Waals surface area contributed by atoms with Crippen molar-refractivity contribution in [3.63, 3.8) is 0 Å². The zero-order valence-electron chi connectivity index (χ0n) is 16.5. The zero-order chi connectivity index (χ0) is 20.7. The Kier molecular flexibility index (Phi) is 4.42. The molecule has 2 fully saturated rings. The van der Waals surface area contributed by atoms with E-state index in [2.05, 4.69) is 50.1 Å². The smallest absolute Gasteiger partial charge is 0.254 e. The first-order valence-corrected chi connectivity index (χ1v) is 9.91. The monoisotopic (exact) mass is 403 g/mol. The third kappa shape index (κ3) is 3.73. The van der Waals surface area contributed by atoms with Gasteiger partial charge < -0.3 is 10.6 Å². The van der Waals surface area contributed by atoms with Crippen molar-refractivity contribution in [2.45, 2.75) is 38.8 Å². The summed E-state index contributed by atoms with van der Waals surface area (Å²) in [6.45, 7) is 2.64. The zero-order valence-corrected chi connectivity index (χ0v) is 16.5. The number of hydrogen-bond acceptors (Lipinski definition) is 7. The lowest BCUT2D eigenvalue weighted by molar-refractivity contribution is -0.124. The van der Waals surface area contributed by atoms with Crippen molar-refractivity contribution >= 4 is 35.4 Å². The van der Waals surface area contributed by atoms with Gasteiger partial charge in [-0.1, -0.05) is 29.8 Å². The summed E-state index contributed by atoms with van der Waals surface area (Å²) < 4.78 is 1.64. The van der Waals surface area contributed by atoms with E-state index in [4.69, 9.17) is 0 Å². The second kappa shape index (κ2) is 7.25. The third-order valence-corrected chi connectivity index (χ3v) is 5.06. The van der Waals surface area contributed by atoms with E-state index >= 15 is 0 Å². The number of benzene rings is 1. The fraction of sp³-hybridized carbons (Fsp3) is 0.286. The maximum atomic E-state index is 11.9. The number of nitrogens with one attached hydrogen (secondary N) is 3. The van der Waals surface area contributed by atoms with E-state index < -0.39 is 0 Å². The van der Waals surface area contributed by atoms with Crippen LogP contribution < -0.4 is 16.0 Å². The van der Waals surface area contributed by atoms with Gasteiger partial charge in [-0.2, -0.15) is 19.6 Å². The van der Waals surface area contributed by atoms with Crippen LogP contribution in [0.25, 0.3) is 11.7 Å². The Morgan fingerprint density at radius 2 is 2.13 bits per heavy atom. The van der Waals surface area contributed by atoms with Crippen molar-refractivity contribution in [3.8, 4) is 0 Å². The van der Waals surface area contributed by atoms with Crippen LogP contribution >= 0.6 is 0 Å². The molecule has 1 saturated heterocycles. The summed E-state index contributed by atoms with van der Waals surface area (Å²) in [6.07, 6.45) is 5.55. The Bertz CT molecular complexity index is 1190. The number of hydrogen-bond donors (Lipinski definition) is 3. The number of carbonyl (C=O) groups excluding carboxylic acids is 2. The molecule has 0 spiro atoms. The van der Waals surface area contributed by atoms with Crippen molar-refractivity contribution < 1.29 is 9.59 Å². The van der Waals surface area contributed by atoms with Crippen molar-refractivity contribution in [1.29, 1.82) is 0 Å². The molecule has 0 bridgehead atoms. The van der Waals surface area contributed by atoms with Gasteiger partial charge in [0.25, 0.3) is 5.91 Å². The maximum absolute atomic E-state index is 11.9. The summed E-state index contributed by atoms with van der Waals surface area (Å²) >= 11 is 0. The molecule has 3 heterocycles. The Morgan fingerprint density at radius 3 is 2.87 bits per heavy atom. The molecule has 1 aliphatic carbocycles. The van der Waals surface area contributed by atoms with E-state index in [9.17, 15) is 9.59 Å². The van der Waals surface area contributed by atoms with Crippen molar-refractivity contribution in [1.82, 2.24) is 24.9 Å². The first-order chi connectivity index (χ1) is 14.5. The molecule has 2 amide bonds. The summed E-state index contributed by atoms with van der Waals surface area (Å²) in [5.74, 6) is 0.404. The molecule has 9 heteroatoms. The second-order valence-corrected chi connectivity index (χ2v) is 7.69. The number of carbonyl (C=O) groups is 2. The average molecular weight is 403 g/mol. The highest BCUT2D eigenvalue weighted by Crippen LogP contribution is 2.26. The lowest BCUT2D eigenvalue weighted by atomic mass is 10.1. The molecule has 0 atom stereocenters. The van der Waals surface area contributed by atoms with Gasteiger partial charge in [-0.25, -0.2) is 0 Å². The normalized spacial score (nSPS) is 17.6. The van der Waals surface area contributed by atoms with Gasteiger partial charge in [0.15, 0.2) is 5.65 Å². The molecule has 1 aliphatic heterocycles. The lowest BCUT2D eigenvalue weighted by Crippen LogP contribution is -2.19. The molecular formula is C21H21N7O2. The molecule has 2 aliphatic rings. The highest BCUT2D eigenvalue weighted by Gasteiger charge is 2.26. The molecule has 5 rings (SSSR count). The molecule has 3 aromatic rings. The fourth-order valence-corrected chi connectivity index (χ4v) is 3.39. The number of rotatable bonds is 6. The topological polar surface area (TPSA) is 113 Å². The van der Waals surface area contributed by atoms with Crippen LogP contribution in [0.15, 0.2) is 36.0 Å². The summed E-state index contributed by atoms with van der Waals surface area (Å²) in [5, 5.41) is 13.4. The Hall–Kier alpha value is -3.75. The van der Waals surface area contributed by atoms with Crippen molar-refractivity contribution in [3.05, 3.63) is 52.7 Å². The minimum absolute atomic E-state index is 0.0624. The van der Waals surface area contributed by atoms with E-state index in [-0.39, 0.29) is 18.2 Å². The van der Waals surface area contributed by atoms with Gasteiger partial charge in [0.05, 0.1) is 12.6 Å². The highest BCUT2D eigenvalue weighted by molar-refractivity contribution is 6.15. The summed E-state index contributed by atoms with van der Waals surface area (Å²) in [4.78, 5) is 32.7. The fourth-order valence-electron chi connectivity index (χ4n) is 3.39. The number of anilines is 2. The van der Waals surface area contributed by atoms with E-state index in [1.807, 2.05) is 12.1 Å². The van der Waals surface area contributed by atoms with Crippen molar-refractivity contribution in [2.75, 3.05) is 10.6 Å². The largest absolute Gasteiger partial charge is 0.351 e. The van der Waals surface area contributed by atoms with Crippen LogP contribution in [0.3, 0.4) is 0 Å². The number of aryl methyl sites for hydroxylation is 1. The molecule has 152 valence electrons. The standard InChI is InChI=1S/C21H21N7O2/c1-12-3-2-4-13(7-12)10-22-20-26-18-15(8-14-9-17(29)25-19(14)30)11-23-28(18)21(27-20)24-16-5-6-16/h2-4,7-8,11,16H,5-6,9-10H2,1H3,(H,25,29,30)(H2,22,24,26,27)/b14-8+. The quantitative estimate of drug-likeness (QED) is 0.426. The highest BCUT2D eigenvalue weighted by atomic mass is 16.2. The van der Waals surface area contributed by atoms with Crippen LogP contribution in [0.1, 0.15) is 36.0 Å². The minimum atomic E-state index is -0.373. The Morgan fingerprint density at radius 1 is 1.27 bits per heavy atom. The maximum Gasteiger partial charge on any atom is 0.254 e. The SMILES string of the molecule is Cc1cccc(CNc2nc(NC3CC3)n3ncc(/C=C4\CC(=O)NC4=O)c3n2)c1. The number of nitrogens with zero attached hydrogens (tertiary/aromatic N) is 4. The van der Waals surface area contributed by atoms with Crippen LogP contribution in [0.2, 0.25) is 0 Å². The molecule has 30 heavy (non-hydrogen) atoms. The molecule has 0 radical (unpaired) electrons. The van der Waals surface area contributed by atoms with Gasteiger partial charge in [-0.3, -0.25) is 14.9 Å². The Labute approximate surface area is 172 Å². The molecule has 1 saturated carbocycles. The number of imide groups is 1. The van der Waals surface area contributed by atoms with Crippen LogP contribution in [-0.4, -0.2) is 37.4 Å². The van der Waals surface area contributed by atoms with Crippen LogP contribution in [0, 0.1) is 6.92 Å². The van der Waals surface area contributed by atoms with E-state index in [0.29, 0.717) is 41.3 Å². The molecule has 2 aromatic heterocycles. The second-order valence-electron chi connectivity index (χ2n) is 7.69. The minimum Gasteiger partial charge on any atom is -0.351 e. The summed E-state index contributed by atoms with van der Waals surface area (Å²) in [7, 11) is 0. The van der Waals surface area contributed by atoms with E-state index in [0.717, 1.165) is 18.4 Å². The molecular weight excluding hydrogens is 382 g/mol. The van der Waals surface area contributed by atoms with Gasteiger partial charge in [0, 0.05) is 23.7 Å². The van der Waals surface area contributed by atoms with E-state index in [1.165, 1.54) is 5.56 Å². The molecule has 9 nitrogen and oxygen atoms in total. The first kappa shape index (κ1) is 18.3. The molecule has 0 unspecified atom stereocenters. The third-order valence-electron chi connectivity index (χ3n) is 5.06. The number of fused-ring (bicyclic) bond motifs is 1. The van der Waals surface area contributed by atoms with Gasteiger partial charge in [-0.05, 0) is 31.4 Å². The van der Waals surface area contributed by atoms with Gasteiger partial charge in [-0.15, -0.1) is 0 Å². The molecule has 1 aromatic carbocycles. The van der Waals surface area contributed by atoms with E-state index in [1.54, 1.807) is 16.8 Å². The van der Waals surface area contributed by atoms with Crippen LogP contribution in [-0.2, 0) is 16.1 Å².